The van der Waals surface area contributed by atoms with Crippen LogP contribution in [0.4, 0.5) is 0 Å². The van der Waals surface area contributed by atoms with E-state index in [9.17, 15) is 9.59 Å². The van der Waals surface area contributed by atoms with Crippen molar-refractivity contribution in [3.8, 4) is 0 Å². The number of carbonyl (C=O) groups is 1. The lowest BCUT2D eigenvalue weighted by Crippen LogP contribution is -2.32. The molecule has 0 saturated carbocycles. The van der Waals surface area contributed by atoms with Gasteiger partial charge in [-0.3, -0.25) is 19.3 Å². The maximum atomic E-state index is 12.9. The lowest BCUT2D eigenvalue weighted by Gasteiger charge is -2.23. The molecule has 0 bridgehead atoms. The molecule has 1 amide bonds. The highest BCUT2D eigenvalue weighted by Crippen LogP contribution is 2.22. The Kier molecular flexibility index (Phi) is 6.54. The van der Waals surface area contributed by atoms with Crippen LogP contribution in [0.3, 0.4) is 0 Å². The molecule has 3 aromatic heterocycles. The van der Waals surface area contributed by atoms with Crippen LogP contribution in [0.5, 0.6) is 0 Å². The summed E-state index contributed by atoms with van der Waals surface area (Å²) in [5, 5.41) is 4.56. The SMILES string of the molecule is CCN(Cc1ccncc1)C(=O)CC1CCc2nn(Cc3cccnc3)c(=O)n2CC1. The lowest BCUT2D eigenvalue weighted by molar-refractivity contribution is -0.132. The van der Waals surface area contributed by atoms with Gasteiger partial charge >= 0.3 is 5.69 Å². The second kappa shape index (κ2) is 9.68. The van der Waals surface area contributed by atoms with E-state index in [2.05, 4.69) is 15.1 Å². The van der Waals surface area contributed by atoms with Gasteiger partial charge in [0.2, 0.25) is 5.91 Å². The number of rotatable bonds is 7. The minimum absolute atomic E-state index is 0.0845. The Bertz CT molecular complexity index is 1060. The molecule has 0 spiro atoms. The Balaban J connectivity index is 1.37. The number of aryl methyl sites for hydroxylation is 1. The third kappa shape index (κ3) is 5.07. The van der Waals surface area contributed by atoms with Crippen molar-refractivity contribution >= 4 is 5.91 Å². The third-order valence-corrected chi connectivity index (χ3v) is 5.91. The van der Waals surface area contributed by atoms with Gasteiger partial charge in [-0.25, -0.2) is 9.48 Å². The fraction of sp³-hybridized carbons (Fsp3) is 0.435. The van der Waals surface area contributed by atoms with Crippen LogP contribution in [-0.2, 0) is 30.8 Å². The molecule has 3 aromatic rings. The molecule has 0 fully saturated rings. The van der Waals surface area contributed by atoms with Crippen LogP contribution in [-0.4, -0.2) is 41.7 Å². The molecule has 4 heterocycles. The average Bonchev–Trinajstić information content (AvgIpc) is 2.95. The molecule has 4 rings (SSSR count). The largest absolute Gasteiger partial charge is 0.346 e. The predicted octanol–water partition coefficient (Wildman–Crippen LogP) is 2.27. The van der Waals surface area contributed by atoms with E-state index >= 15 is 0 Å². The summed E-state index contributed by atoms with van der Waals surface area (Å²) in [6.07, 6.45) is 9.86. The van der Waals surface area contributed by atoms with E-state index in [1.54, 1.807) is 29.4 Å². The van der Waals surface area contributed by atoms with Crippen molar-refractivity contribution in [1.82, 2.24) is 29.2 Å². The van der Waals surface area contributed by atoms with Gasteiger partial charge < -0.3 is 4.90 Å². The molecule has 0 N–H and O–H groups in total. The summed E-state index contributed by atoms with van der Waals surface area (Å²) in [5.41, 5.74) is 1.95. The maximum absolute atomic E-state index is 12.9. The van der Waals surface area contributed by atoms with Gasteiger partial charge in [0, 0.05) is 57.3 Å². The number of hydrogen-bond donors (Lipinski definition) is 0. The minimum atomic E-state index is -0.0845. The summed E-state index contributed by atoms with van der Waals surface area (Å²) in [7, 11) is 0. The Labute approximate surface area is 181 Å². The van der Waals surface area contributed by atoms with Crippen molar-refractivity contribution in [3.63, 3.8) is 0 Å². The molecule has 0 aromatic carbocycles. The molecule has 1 unspecified atom stereocenters. The maximum Gasteiger partial charge on any atom is 0.346 e. The summed E-state index contributed by atoms with van der Waals surface area (Å²) >= 11 is 0. The van der Waals surface area contributed by atoms with Crippen molar-refractivity contribution in [1.29, 1.82) is 0 Å². The van der Waals surface area contributed by atoms with Gasteiger partial charge in [0.15, 0.2) is 0 Å². The Morgan fingerprint density at radius 1 is 1.13 bits per heavy atom. The fourth-order valence-electron chi connectivity index (χ4n) is 4.12. The van der Waals surface area contributed by atoms with Crippen molar-refractivity contribution in [2.24, 2.45) is 5.92 Å². The molecule has 8 nitrogen and oxygen atoms in total. The first-order valence-corrected chi connectivity index (χ1v) is 10.9. The van der Waals surface area contributed by atoms with E-state index in [0.29, 0.717) is 39.0 Å². The van der Waals surface area contributed by atoms with Crippen LogP contribution in [0.2, 0.25) is 0 Å². The highest BCUT2D eigenvalue weighted by atomic mass is 16.2. The third-order valence-electron chi connectivity index (χ3n) is 5.91. The number of amides is 1. The van der Waals surface area contributed by atoms with Crippen LogP contribution in [0.1, 0.15) is 43.1 Å². The molecule has 1 aliphatic rings. The Hall–Kier alpha value is -3.29. The quantitative estimate of drug-likeness (QED) is 0.585. The molecule has 162 valence electrons. The number of pyridine rings is 2. The predicted molar refractivity (Wildman–Crippen MR) is 116 cm³/mol. The first-order chi connectivity index (χ1) is 15.1. The van der Waals surface area contributed by atoms with E-state index in [4.69, 9.17) is 0 Å². The first-order valence-electron chi connectivity index (χ1n) is 10.9. The average molecular weight is 421 g/mol. The number of nitrogens with zero attached hydrogens (tertiary/aromatic N) is 6. The summed E-state index contributed by atoms with van der Waals surface area (Å²) < 4.78 is 3.29. The van der Waals surface area contributed by atoms with Gasteiger partial charge in [0.05, 0.1) is 6.54 Å². The molecule has 1 atom stereocenters. The van der Waals surface area contributed by atoms with Gasteiger partial charge in [-0.15, -0.1) is 0 Å². The zero-order valence-electron chi connectivity index (χ0n) is 17.9. The van der Waals surface area contributed by atoms with Crippen LogP contribution in [0.15, 0.2) is 53.8 Å². The molecule has 31 heavy (non-hydrogen) atoms. The highest BCUT2D eigenvalue weighted by molar-refractivity contribution is 5.76. The summed E-state index contributed by atoms with van der Waals surface area (Å²) in [5.74, 6) is 1.23. The van der Waals surface area contributed by atoms with E-state index in [-0.39, 0.29) is 17.5 Å². The number of aromatic nitrogens is 5. The van der Waals surface area contributed by atoms with Crippen molar-refractivity contribution in [3.05, 3.63) is 76.5 Å². The smallest absolute Gasteiger partial charge is 0.339 e. The van der Waals surface area contributed by atoms with Gasteiger partial charge in [0.1, 0.15) is 5.82 Å². The Morgan fingerprint density at radius 3 is 2.71 bits per heavy atom. The molecule has 0 saturated heterocycles. The van der Waals surface area contributed by atoms with Gasteiger partial charge in [-0.05, 0) is 55.0 Å². The van der Waals surface area contributed by atoms with Gasteiger partial charge in [0.25, 0.3) is 0 Å². The van der Waals surface area contributed by atoms with Gasteiger partial charge in [-0.2, -0.15) is 5.10 Å². The topological polar surface area (TPSA) is 85.9 Å². The van der Waals surface area contributed by atoms with E-state index < -0.39 is 0 Å². The molecule has 0 radical (unpaired) electrons. The van der Waals surface area contributed by atoms with Crippen molar-refractivity contribution in [2.45, 2.75) is 52.2 Å². The molecule has 8 heteroatoms. The summed E-state index contributed by atoms with van der Waals surface area (Å²) in [6, 6.07) is 7.68. The van der Waals surface area contributed by atoms with Crippen molar-refractivity contribution in [2.75, 3.05) is 6.54 Å². The molecule has 0 aliphatic carbocycles. The normalized spacial score (nSPS) is 15.8. The molecule has 1 aliphatic heterocycles. The monoisotopic (exact) mass is 420 g/mol. The van der Waals surface area contributed by atoms with Crippen molar-refractivity contribution < 1.29 is 4.79 Å². The van der Waals surface area contributed by atoms with E-state index in [1.165, 1.54) is 4.68 Å². The number of fused-ring (bicyclic) bond motifs is 1. The van der Waals surface area contributed by atoms with Gasteiger partial charge in [-0.1, -0.05) is 6.07 Å². The zero-order chi connectivity index (χ0) is 21.6. The second-order valence-corrected chi connectivity index (χ2v) is 8.03. The van der Waals surface area contributed by atoms with Crippen LogP contribution < -0.4 is 5.69 Å². The summed E-state index contributed by atoms with van der Waals surface area (Å²) in [6.45, 7) is 4.32. The van der Waals surface area contributed by atoms with Crippen LogP contribution in [0, 0.1) is 5.92 Å². The zero-order valence-corrected chi connectivity index (χ0v) is 17.9. The fourth-order valence-corrected chi connectivity index (χ4v) is 4.12. The molecular weight excluding hydrogens is 392 g/mol. The van der Waals surface area contributed by atoms with E-state index in [1.807, 2.05) is 36.1 Å². The molecular formula is C23H28N6O2. The van der Waals surface area contributed by atoms with Crippen LogP contribution in [0.25, 0.3) is 0 Å². The first kappa shape index (κ1) is 21.0. The number of hydrogen-bond acceptors (Lipinski definition) is 5. The summed E-state index contributed by atoms with van der Waals surface area (Å²) in [4.78, 5) is 35.8. The minimum Gasteiger partial charge on any atom is -0.339 e. The second-order valence-electron chi connectivity index (χ2n) is 8.03. The van der Waals surface area contributed by atoms with E-state index in [0.717, 1.165) is 29.8 Å². The Morgan fingerprint density at radius 2 is 1.97 bits per heavy atom. The lowest BCUT2D eigenvalue weighted by atomic mass is 9.96. The standard InChI is InChI=1S/C23H28N6O2/c1-2-27(16-19-7-11-24-12-8-19)22(30)14-18-5-6-21-26-29(23(31)28(21)13-9-18)17-20-4-3-10-25-15-20/h3-4,7-8,10-12,15,18H,2,5-6,9,13-14,16-17H2,1H3. The van der Waals surface area contributed by atoms with Crippen LogP contribution >= 0.6 is 0 Å². The highest BCUT2D eigenvalue weighted by Gasteiger charge is 2.24. The number of carbonyl (C=O) groups excluding carboxylic acids is 1.